The minimum Gasteiger partial charge on any atom is -0.323 e. The van der Waals surface area contributed by atoms with Gasteiger partial charge in [-0.05, 0) is 56.0 Å². The molecule has 3 nitrogen and oxygen atoms in total. The van der Waals surface area contributed by atoms with Crippen molar-refractivity contribution in [1.82, 2.24) is 4.90 Å². The minimum atomic E-state index is -0.158. The SMILES string of the molecule is C=CC(=O)Nc1ccc([C@@H]2CC[C@@H]3CCCCN32)cc1. The monoisotopic (exact) mass is 270 g/mol. The summed E-state index contributed by atoms with van der Waals surface area (Å²) in [6.07, 6.45) is 7.98. The van der Waals surface area contributed by atoms with Gasteiger partial charge in [-0.3, -0.25) is 9.69 Å². The first-order valence-electron chi connectivity index (χ1n) is 7.57. The number of fused-ring (bicyclic) bond motifs is 1. The van der Waals surface area contributed by atoms with Crippen LogP contribution in [0.15, 0.2) is 36.9 Å². The number of hydrogen-bond acceptors (Lipinski definition) is 2. The second-order valence-corrected chi connectivity index (χ2v) is 5.80. The standard InChI is InChI=1S/C17H22N2O/c1-2-17(20)18-14-8-6-13(7-9-14)16-11-10-15-5-3-4-12-19(15)16/h2,6-9,15-16H,1,3-5,10-12H2,(H,18,20)/t15-,16-/m0/s1. The summed E-state index contributed by atoms with van der Waals surface area (Å²) in [5.74, 6) is -0.158. The number of piperidine rings is 1. The number of benzene rings is 1. The van der Waals surface area contributed by atoms with E-state index in [-0.39, 0.29) is 5.91 Å². The highest BCUT2D eigenvalue weighted by molar-refractivity contribution is 5.98. The van der Waals surface area contributed by atoms with E-state index in [9.17, 15) is 4.79 Å². The van der Waals surface area contributed by atoms with Crippen LogP contribution in [-0.2, 0) is 4.79 Å². The summed E-state index contributed by atoms with van der Waals surface area (Å²) in [6, 6.07) is 9.67. The maximum atomic E-state index is 11.3. The predicted molar refractivity (Wildman–Crippen MR) is 81.6 cm³/mol. The van der Waals surface area contributed by atoms with Gasteiger partial charge in [0.1, 0.15) is 0 Å². The molecule has 106 valence electrons. The van der Waals surface area contributed by atoms with Gasteiger partial charge in [-0.15, -0.1) is 0 Å². The van der Waals surface area contributed by atoms with E-state index in [2.05, 4.69) is 28.9 Å². The van der Waals surface area contributed by atoms with Crippen molar-refractivity contribution in [2.45, 2.75) is 44.2 Å². The predicted octanol–water partition coefficient (Wildman–Crippen LogP) is 3.50. The minimum absolute atomic E-state index is 0.158. The van der Waals surface area contributed by atoms with E-state index < -0.39 is 0 Å². The molecule has 0 bridgehead atoms. The molecule has 0 aromatic heterocycles. The number of carbonyl (C=O) groups excluding carboxylic acids is 1. The first kappa shape index (κ1) is 13.4. The van der Waals surface area contributed by atoms with Crippen molar-refractivity contribution in [2.75, 3.05) is 11.9 Å². The Kier molecular flexibility index (Phi) is 3.88. The zero-order chi connectivity index (χ0) is 13.9. The number of hydrogen-bond donors (Lipinski definition) is 1. The Balaban J connectivity index is 1.71. The van der Waals surface area contributed by atoms with Crippen LogP contribution >= 0.6 is 0 Å². The molecule has 3 heteroatoms. The zero-order valence-corrected chi connectivity index (χ0v) is 11.8. The van der Waals surface area contributed by atoms with Crippen LogP contribution < -0.4 is 5.32 Å². The molecule has 20 heavy (non-hydrogen) atoms. The van der Waals surface area contributed by atoms with Gasteiger partial charge in [0.2, 0.25) is 5.91 Å². The van der Waals surface area contributed by atoms with Crippen LogP contribution in [0.2, 0.25) is 0 Å². The normalized spacial score (nSPS) is 26.0. The maximum Gasteiger partial charge on any atom is 0.247 e. The molecule has 2 saturated heterocycles. The maximum absolute atomic E-state index is 11.3. The highest BCUT2D eigenvalue weighted by Crippen LogP contribution is 2.40. The van der Waals surface area contributed by atoms with Crippen molar-refractivity contribution < 1.29 is 4.79 Å². The van der Waals surface area contributed by atoms with Crippen LogP contribution in [0.1, 0.15) is 43.7 Å². The van der Waals surface area contributed by atoms with Gasteiger partial charge in [0.25, 0.3) is 0 Å². The number of rotatable bonds is 3. The van der Waals surface area contributed by atoms with Crippen LogP contribution in [-0.4, -0.2) is 23.4 Å². The van der Waals surface area contributed by atoms with Gasteiger partial charge in [-0.1, -0.05) is 25.1 Å². The average Bonchev–Trinajstić information content (AvgIpc) is 2.92. The van der Waals surface area contributed by atoms with Gasteiger partial charge in [-0.2, -0.15) is 0 Å². The Bertz CT molecular complexity index is 494. The smallest absolute Gasteiger partial charge is 0.247 e. The van der Waals surface area contributed by atoms with Crippen molar-refractivity contribution >= 4 is 11.6 Å². The van der Waals surface area contributed by atoms with E-state index in [4.69, 9.17) is 0 Å². The molecule has 1 N–H and O–H groups in total. The molecule has 1 amide bonds. The Labute approximate surface area is 120 Å². The second kappa shape index (κ2) is 5.80. The lowest BCUT2D eigenvalue weighted by atomic mass is 10.0. The lowest BCUT2D eigenvalue weighted by Gasteiger charge is -2.34. The number of carbonyl (C=O) groups is 1. The fraction of sp³-hybridized carbons (Fsp3) is 0.471. The van der Waals surface area contributed by atoms with Crippen LogP contribution in [0, 0.1) is 0 Å². The van der Waals surface area contributed by atoms with Gasteiger partial charge in [-0.25, -0.2) is 0 Å². The molecule has 0 saturated carbocycles. The molecule has 0 spiro atoms. The highest BCUT2D eigenvalue weighted by Gasteiger charge is 2.35. The molecule has 1 aromatic carbocycles. The summed E-state index contributed by atoms with van der Waals surface area (Å²) in [5, 5.41) is 2.80. The fourth-order valence-electron chi connectivity index (χ4n) is 3.60. The largest absolute Gasteiger partial charge is 0.323 e. The van der Waals surface area contributed by atoms with Gasteiger partial charge in [0.15, 0.2) is 0 Å². The van der Waals surface area contributed by atoms with Crippen LogP contribution in [0.25, 0.3) is 0 Å². The molecular formula is C17H22N2O. The van der Waals surface area contributed by atoms with Crippen molar-refractivity contribution in [3.63, 3.8) is 0 Å². The zero-order valence-electron chi connectivity index (χ0n) is 11.8. The first-order valence-corrected chi connectivity index (χ1v) is 7.57. The topological polar surface area (TPSA) is 32.3 Å². The van der Waals surface area contributed by atoms with Crippen molar-refractivity contribution in [3.8, 4) is 0 Å². The quantitative estimate of drug-likeness (QED) is 0.853. The van der Waals surface area contributed by atoms with Crippen molar-refractivity contribution in [2.24, 2.45) is 0 Å². The molecular weight excluding hydrogens is 248 g/mol. The van der Waals surface area contributed by atoms with Gasteiger partial charge in [0.05, 0.1) is 0 Å². The number of amides is 1. The lowest BCUT2D eigenvalue weighted by molar-refractivity contribution is -0.111. The molecule has 1 aromatic rings. The van der Waals surface area contributed by atoms with Crippen molar-refractivity contribution in [1.29, 1.82) is 0 Å². The van der Waals surface area contributed by atoms with E-state index >= 15 is 0 Å². The molecule has 2 atom stereocenters. The third kappa shape index (κ3) is 2.63. The van der Waals surface area contributed by atoms with E-state index in [1.54, 1.807) is 0 Å². The summed E-state index contributed by atoms with van der Waals surface area (Å²) in [4.78, 5) is 14.0. The molecule has 2 aliphatic heterocycles. The highest BCUT2D eigenvalue weighted by atomic mass is 16.1. The fourth-order valence-corrected chi connectivity index (χ4v) is 3.60. The third-order valence-electron chi connectivity index (χ3n) is 4.59. The Hall–Kier alpha value is -1.61. The van der Waals surface area contributed by atoms with Crippen LogP contribution in [0.5, 0.6) is 0 Å². The molecule has 0 radical (unpaired) electrons. The molecule has 0 aliphatic carbocycles. The summed E-state index contributed by atoms with van der Waals surface area (Å²) < 4.78 is 0. The van der Waals surface area contributed by atoms with Gasteiger partial charge in [0, 0.05) is 17.8 Å². The Morgan fingerprint density at radius 2 is 2.00 bits per heavy atom. The van der Waals surface area contributed by atoms with Crippen LogP contribution in [0.4, 0.5) is 5.69 Å². The molecule has 3 rings (SSSR count). The van der Waals surface area contributed by atoms with E-state index in [1.807, 2.05) is 12.1 Å². The van der Waals surface area contributed by atoms with E-state index in [0.29, 0.717) is 6.04 Å². The molecule has 0 unspecified atom stereocenters. The number of anilines is 1. The first-order chi connectivity index (χ1) is 9.78. The van der Waals surface area contributed by atoms with Crippen LogP contribution in [0.3, 0.4) is 0 Å². The second-order valence-electron chi connectivity index (χ2n) is 5.80. The van der Waals surface area contributed by atoms with Gasteiger partial charge >= 0.3 is 0 Å². The Morgan fingerprint density at radius 1 is 1.20 bits per heavy atom. The number of nitrogens with one attached hydrogen (secondary N) is 1. The van der Waals surface area contributed by atoms with Gasteiger partial charge < -0.3 is 5.32 Å². The van der Waals surface area contributed by atoms with Crippen molar-refractivity contribution in [3.05, 3.63) is 42.5 Å². The average molecular weight is 270 g/mol. The Morgan fingerprint density at radius 3 is 2.75 bits per heavy atom. The summed E-state index contributed by atoms with van der Waals surface area (Å²) in [7, 11) is 0. The van der Waals surface area contributed by atoms with E-state index in [1.165, 1.54) is 50.3 Å². The summed E-state index contributed by atoms with van der Waals surface area (Å²) in [6.45, 7) is 4.70. The molecule has 2 fully saturated rings. The molecule has 2 aliphatic rings. The lowest BCUT2D eigenvalue weighted by Crippen LogP contribution is -2.35. The van der Waals surface area contributed by atoms with E-state index in [0.717, 1.165) is 11.7 Å². The molecule has 2 heterocycles. The summed E-state index contributed by atoms with van der Waals surface area (Å²) >= 11 is 0. The summed E-state index contributed by atoms with van der Waals surface area (Å²) in [5.41, 5.74) is 2.22. The number of nitrogens with zero attached hydrogens (tertiary/aromatic N) is 1. The third-order valence-corrected chi connectivity index (χ3v) is 4.59.